The van der Waals surface area contributed by atoms with E-state index in [1.54, 1.807) is 12.1 Å². The molecule has 3 N–H and O–H groups in total. The fourth-order valence-electron chi connectivity index (χ4n) is 2.00. The minimum absolute atomic E-state index is 0. The Labute approximate surface area is 112 Å². The van der Waals surface area contributed by atoms with E-state index in [1.165, 1.54) is 0 Å². The van der Waals surface area contributed by atoms with Crippen molar-refractivity contribution in [2.75, 3.05) is 0 Å². The lowest BCUT2D eigenvalue weighted by molar-refractivity contribution is 0.475. The first-order chi connectivity index (χ1) is 8.24. The van der Waals surface area contributed by atoms with Crippen LogP contribution >= 0.6 is 12.4 Å². The largest absolute Gasteiger partial charge is 0.508 e. The van der Waals surface area contributed by atoms with Gasteiger partial charge >= 0.3 is 0 Å². The van der Waals surface area contributed by atoms with Crippen LogP contribution in [-0.2, 0) is 0 Å². The summed E-state index contributed by atoms with van der Waals surface area (Å²) in [7, 11) is 0. The lowest BCUT2D eigenvalue weighted by Crippen LogP contribution is -2.01. The van der Waals surface area contributed by atoms with Crippen LogP contribution in [0, 0.1) is 0 Å². The molecule has 18 heavy (non-hydrogen) atoms. The maximum Gasteiger partial charge on any atom is 0.115 e. The SMILES string of the molecule is Cl.NC1CC1c1ccc(-c2ccc(O)cc2)cn1. The normalized spacial score (nSPS) is 21.2. The lowest BCUT2D eigenvalue weighted by Gasteiger charge is -2.03. The van der Waals surface area contributed by atoms with Crippen LogP contribution in [0.3, 0.4) is 0 Å². The highest BCUT2D eigenvalue weighted by Gasteiger charge is 2.35. The van der Waals surface area contributed by atoms with Crippen molar-refractivity contribution < 1.29 is 5.11 Å². The molecule has 2 aromatic rings. The fraction of sp³-hybridized carbons (Fsp3) is 0.214. The standard InChI is InChI=1S/C14H14N2O.ClH/c15-13-7-12(13)14-6-3-10(8-16-14)9-1-4-11(17)5-2-9;/h1-6,8,12-13,17H,7,15H2;1H. The Morgan fingerprint density at radius 1 is 1.06 bits per heavy atom. The summed E-state index contributed by atoms with van der Waals surface area (Å²) in [5.41, 5.74) is 9.00. The molecule has 0 aliphatic heterocycles. The maximum absolute atomic E-state index is 9.23. The Morgan fingerprint density at radius 2 is 1.67 bits per heavy atom. The van der Waals surface area contributed by atoms with Crippen molar-refractivity contribution in [2.45, 2.75) is 18.4 Å². The van der Waals surface area contributed by atoms with Crippen LogP contribution in [0.15, 0.2) is 42.6 Å². The van der Waals surface area contributed by atoms with Gasteiger partial charge in [0, 0.05) is 29.4 Å². The van der Waals surface area contributed by atoms with E-state index >= 15 is 0 Å². The molecule has 0 bridgehead atoms. The molecular weight excluding hydrogens is 248 g/mol. The van der Waals surface area contributed by atoms with Crippen LogP contribution < -0.4 is 5.73 Å². The molecule has 0 amide bonds. The van der Waals surface area contributed by atoms with Gasteiger partial charge in [0.2, 0.25) is 0 Å². The summed E-state index contributed by atoms with van der Waals surface area (Å²) in [6.45, 7) is 0. The van der Waals surface area contributed by atoms with Crippen molar-refractivity contribution in [2.24, 2.45) is 5.73 Å². The molecule has 1 fully saturated rings. The molecule has 4 heteroatoms. The predicted molar refractivity (Wildman–Crippen MR) is 73.9 cm³/mol. The monoisotopic (exact) mass is 262 g/mol. The minimum atomic E-state index is 0. The summed E-state index contributed by atoms with van der Waals surface area (Å²) in [4.78, 5) is 4.45. The third kappa shape index (κ3) is 2.47. The van der Waals surface area contributed by atoms with Gasteiger partial charge in [-0.1, -0.05) is 18.2 Å². The number of hydrogen-bond acceptors (Lipinski definition) is 3. The highest BCUT2D eigenvalue weighted by molar-refractivity contribution is 5.85. The quantitative estimate of drug-likeness (QED) is 0.875. The topological polar surface area (TPSA) is 59.1 Å². The molecule has 0 radical (unpaired) electrons. The second-order valence-corrected chi connectivity index (χ2v) is 4.52. The molecule has 0 spiro atoms. The van der Waals surface area contributed by atoms with Gasteiger partial charge in [0.1, 0.15) is 5.75 Å². The van der Waals surface area contributed by atoms with Crippen LogP contribution in [0.25, 0.3) is 11.1 Å². The van der Waals surface area contributed by atoms with Crippen molar-refractivity contribution in [3.05, 3.63) is 48.3 Å². The Bertz CT molecular complexity index is 524. The third-order valence-electron chi connectivity index (χ3n) is 3.21. The third-order valence-corrected chi connectivity index (χ3v) is 3.21. The first-order valence-corrected chi connectivity index (χ1v) is 5.75. The number of rotatable bonds is 2. The summed E-state index contributed by atoms with van der Waals surface area (Å²) in [6.07, 6.45) is 2.91. The minimum Gasteiger partial charge on any atom is -0.508 e. The van der Waals surface area contributed by atoms with Gasteiger partial charge in [0.15, 0.2) is 0 Å². The van der Waals surface area contributed by atoms with E-state index < -0.39 is 0 Å². The molecule has 1 aliphatic rings. The van der Waals surface area contributed by atoms with Crippen LogP contribution in [0.4, 0.5) is 0 Å². The number of phenols is 1. The number of nitrogens with zero attached hydrogens (tertiary/aromatic N) is 1. The summed E-state index contributed by atoms with van der Waals surface area (Å²) < 4.78 is 0. The molecule has 94 valence electrons. The molecule has 3 nitrogen and oxygen atoms in total. The highest BCUT2D eigenvalue weighted by atomic mass is 35.5. The Hall–Kier alpha value is -1.58. The lowest BCUT2D eigenvalue weighted by atomic mass is 10.1. The van der Waals surface area contributed by atoms with Gasteiger partial charge < -0.3 is 10.8 Å². The van der Waals surface area contributed by atoms with Crippen LogP contribution in [-0.4, -0.2) is 16.1 Å². The van der Waals surface area contributed by atoms with E-state index in [0.717, 1.165) is 23.2 Å². The van der Waals surface area contributed by atoms with Gasteiger partial charge in [0.05, 0.1) is 0 Å². The Kier molecular flexibility index (Phi) is 3.55. The summed E-state index contributed by atoms with van der Waals surface area (Å²) in [5, 5.41) is 9.23. The molecule has 1 aromatic heterocycles. The zero-order chi connectivity index (χ0) is 11.8. The Morgan fingerprint density at radius 3 is 2.17 bits per heavy atom. The second kappa shape index (κ2) is 4.96. The second-order valence-electron chi connectivity index (χ2n) is 4.52. The smallest absolute Gasteiger partial charge is 0.115 e. The number of phenolic OH excluding ortho intramolecular Hbond substituents is 1. The average molecular weight is 263 g/mol. The Balaban J connectivity index is 0.00000120. The van der Waals surface area contributed by atoms with E-state index in [0.29, 0.717) is 12.0 Å². The number of benzene rings is 1. The van der Waals surface area contributed by atoms with E-state index in [-0.39, 0.29) is 18.2 Å². The van der Waals surface area contributed by atoms with E-state index in [9.17, 15) is 5.11 Å². The molecule has 2 atom stereocenters. The number of aromatic hydroxyl groups is 1. The first-order valence-electron chi connectivity index (χ1n) is 5.75. The van der Waals surface area contributed by atoms with Crippen molar-refractivity contribution in [1.82, 2.24) is 4.98 Å². The van der Waals surface area contributed by atoms with Crippen molar-refractivity contribution in [1.29, 1.82) is 0 Å². The molecule has 2 unspecified atom stereocenters. The number of hydrogen-bond donors (Lipinski definition) is 2. The van der Waals surface area contributed by atoms with Gasteiger partial charge in [0.25, 0.3) is 0 Å². The van der Waals surface area contributed by atoms with Gasteiger partial charge in [-0.3, -0.25) is 4.98 Å². The van der Waals surface area contributed by atoms with E-state index in [4.69, 9.17) is 5.73 Å². The fourth-order valence-corrected chi connectivity index (χ4v) is 2.00. The van der Waals surface area contributed by atoms with Gasteiger partial charge in [-0.05, 0) is 30.2 Å². The summed E-state index contributed by atoms with van der Waals surface area (Å²) in [6, 6.07) is 11.5. The summed E-state index contributed by atoms with van der Waals surface area (Å²) in [5.74, 6) is 0.728. The van der Waals surface area contributed by atoms with E-state index in [2.05, 4.69) is 11.1 Å². The number of pyridine rings is 1. The van der Waals surface area contributed by atoms with Crippen LogP contribution in [0.1, 0.15) is 18.0 Å². The number of nitrogens with two attached hydrogens (primary N) is 1. The van der Waals surface area contributed by atoms with Crippen LogP contribution in [0.5, 0.6) is 5.75 Å². The zero-order valence-corrected chi connectivity index (χ0v) is 10.6. The molecular formula is C14H15ClN2O. The predicted octanol–water partition coefficient (Wildman–Crippen LogP) is 2.69. The van der Waals surface area contributed by atoms with Crippen molar-refractivity contribution >= 4 is 12.4 Å². The van der Waals surface area contributed by atoms with Crippen LogP contribution in [0.2, 0.25) is 0 Å². The van der Waals surface area contributed by atoms with E-state index in [1.807, 2.05) is 24.4 Å². The van der Waals surface area contributed by atoms with Gasteiger partial charge in [-0.15, -0.1) is 12.4 Å². The molecule has 1 aromatic carbocycles. The van der Waals surface area contributed by atoms with Gasteiger partial charge in [-0.25, -0.2) is 0 Å². The summed E-state index contributed by atoms with van der Waals surface area (Å²) >= 11 is 0. The molecule has 1 saturated carbocycles. The first kappa shape index (κ1) is 12.9. The van der Waals surface area contributed by atoms with Crippen molar-refractivity contribution in [3.63, 3.8) is 0 Å². The highest BCUT2D eigenvalue weighted by Crippen LogP contribution is 2.38. The van der Waals surface area contributed by atoms with Gasteiger partial charge in [-0.2, -0.15) is 0 Å². The molecule has 3 rings (SSSR count). The zero-order valence-electron chi connectivity index (χ0n) is 9.78. The molecule has 0 saturated heterocycles. The number of halogens is 1. The number of aromatic nitrogens is 1. The molecule has 1 heterocycles. The molecule has 1 aliphatic carbocycles. The van der Waals surface area contributed by atoms with Crippen molar-refractivity contribution in [3.8, 4) is 16.9 Å². The average Bonchev–Trinajstić information content (AvgIpc) is 3.08. The maximum atomic E-state index is 9.23.